The number of aryl methyl sites for hydroxylation is 1. The van der Waals surface area contributed by atoms with Crippen molar-refractivity contribution in [1.29, 1.82) is 0 Å². The number of rotatable bonds is 6. The van der Waals surface area contributed by atoms with Crippen molar-refractivity contribution in [1.82, 2.24) is 4.90 Å². The van der Waals surface area contributed by atoms with Crippen LogP contribution in [-0.2, 0) is 25.6 Å². The van der Waals surface area contributed by atoms with Crippen LogP contribution in [0.4, 0.5) is 5.69 Å². The lowest BCUT2D eigenvalue weighted by molar-refractivity contribution is -0.138. The highest BCUT2D eigenvalue weighted by Crippen LogP contribution is 2.66. The fourth-order valence-corrected chi connectivity index (χ4v) is 8.77. The van der Waals surface area contributed by atoms with Crippen LogP contribution in [0.1, 0.15) is 36.8 Å². The van der Waals surface area contributed by atoms with E-state index in [1.807, 2.05) is 25.1 Å². The quantitative estimate of drug-likeness (QED) is 0.199. The largest absolute Gasteiger partial charge is 0.502 e. The Balaban J connectivity index is 1.53. The third kappa shape index (κ3) is 3.95. The number of nitrogens with zero attached hydrogens (tertiary/aromatic N) is 2. The first kappa shape index (κ1) is 30.0. The maximum Gasteiger partial charge on any atom is 0.254 e. The molecular formula is C31H29BrCl2N2O7. The summed E-state index contributed by atoms with van der Waals surface area (Å²) in [7, 11) is 2.74. The van der Waals surface area contributed by atoms with E-state index in [9.17, 15) is 24.3 Å². The first-order valence-corrected chi connectivity index (χ1v) is 15.8. The number of hydrogen-bond donors (Lipinski definition) is 1. The molecule has 2 aromatic carbocycles. The lowest BCUT2D eigenvalue weighted by atomic mass is 9.56. The summed E-state index contributed by atoms with van der Waals surface area (Å²) in [6.07, 6.45) is 2.78. The second-order valence-electron chi connectivity index (χ2n) is 11.3. The van der Waals surface area contributed by atoms with E-state index in [0.29, 0.717) is 16.8 Å². The molecule has 12 heteroatoms. The number of phenolic OH excluding ortho intramolecular Hbond substituents is 1. The molecule has 1 saturated carbocycles. The molecule has 2 aliphatic heterocycles. The number of imide groups is 2. The van der Waals surface area contributed by atoms with Crippen LogP contribution in [0.3, 0.4) is 0 Å². The van der Waals surface area contributed by atoms with Crippen LogP contribution < -0.4 is 14.4 Å². The number of aromatic hydroxyl groups is 1. The standard InChI is InChI=1S/C31H29BrCl2N2O7/c1-4-15-5-7-17(8-6-15)36-26(38)19-10-9-18-20(23(19)27(36)39)13-30(33)28(40)35(14-32)29(41)31(30,34)24(18)16-11-21(42-2)25(37)22(12-16)43-3/h5-9,11-12,19-20,23-24,37H,4,10,13-14H2,1-3H3. The highest BCUT2D eigenvalue weighted by molar-refractivity contribution is 9.09. The molecule has 0 bridgehead atoms. The van der Waals surface area contributed by atoms with Crippen molar-refractivity contribution in [2.45, 2.75) is 41.9 Å². The average Bonchev–Trinajstić information content (AvgIpc) is 3.35. The zero-order valence-electron chi connectivity index (χ0n) is 23.6. The van der Waals surface area contributed by atoms with Crippen molar-refractivity contribution in [3.8, 4) is 17.2 Å². The number of benzene rings is 2. The van der Waals surface area contributed by atoms with Crippen LogP contribution in [0, 0.1) is 17.8 Å². The van der Waals surface area contributed by atoms with E-state index in [0.717, 1.165) is 16.9 Å². The Hall–Kier alpha value is -3.08. The van der Waals surface area contributed by atoms with Gasteiger partial charge in [-0.05, 0) is 60.6 Å². The van der Waals surface area contributed by atoms with Crippen LogP contribution >= 0.6 is 39.1 Å². The molecule has 2 saturated heterocycles. The number of amides is 4. The number of phenols is 1. The number of allylic oxidation sites excluding steroid dienone is 2. The molecule has 4 aliphatic rings. The molecule has 0 spiro atoms. The summed E-state index contributed by atoms with van der Waals surface area (Å²) in [6.45, 7) is 2.02. The van der Waals surface area contributed by atoms with Gasteiger partial charge in [0, 0.05) is 5.92 Å². The van der Waals surface area contributed by atoms with Gasteiger partial charge in [-0.25, -0.2) is 0 Å². The average molecular weight is 692 g/mol. The Morgan fingerprint density at radius 1 is 0.977 bits per heavy atom. The normalized spacial score (nSPS) is 31.5. The monoisotopic (exact) mass is 690 g/mol. The molecule has 2 heterocycles. The van der Waals surface area contributed by atoms with Crippen LogP contribution in [0.2, 0.25) is 0 Å². The molecule has 0 aromatic heterocycles. The number of methoxy groups -OCH3 is 2. The summed E-state index contributed by atoms with van der Waals surface area (Å²) in [6, 6.07) is 10.3. The van der Waals surface area contributed by atoms with Crippen molar-refractivity contribution in [2.24, 2.45) is 17.8 Å². The molecule has 6 unspecified atom stereocenters. The molecule has 9 nitrogen and oxygen atoms in total. The van der Waals surface area contributed by atoms with Gasteiger partial charge >= 0.3 is 0 Å². The first-order valence-electron chi connectivity index (χ1n) is 13.9. The molecule has 226 valence electrons. The topological polar surface area (TPSA) is 113 Å². The number of likely N-dealkylation sites (tertiary alicyclic amines) is 1. The number of carbonyl (C=O) groups excluding carboxylic acids is 4. The number of alkyl halides is 3. The SMILES string of the molecule is CCc1ccc(N2C(=O)C3CC=C4C(CC5(Cl)C(=O)N(CBr)C(=O)C5(Cl)C4c4cc(OC)c(O)c(OC)c4)C3C2=O)cc1. The number of halogens is 3. The number of anilines is 1. The maximum absolute atomic E-state index is 14.2. The fraction of sp³-hybridized carbons (Fsp3) is 0.419. The van der Waals surface area contributed by atoms with Crippen LogP contribution in [-0.4, -0.2) is 63.1 Å². The van der Waals surface area contributed by atoms with Crippen molar-refractivity contribution >= 4 is 68.4 Å². The van der Waals surface area contributed by atoms with Gasteiger partial charge in [0.25, 0.3) is 11.8 Å². The van der Waals surface area contributed by atoms with Gasteiger partial charge in [-0.3, -0.25) is 29.0 Å². The molecule has 4 amide bonds. The van der Waals surface area contributed by atoms with Crippen LogP contribution in [0.25, 0.3) is 0 Å². The van der Waals surface area contributed by atoms with Gasteiger partial charge in [-0.1, -0.05) is 46.6 Å². The predicted octanol–water partition coefficient (Wildman–Crippen LogP) is 4.89. The highest BCUT2D eigenvalue weighted by atomic mass is 79.9. The Morgan fingerprint density at radius 3 is 2.16 bits per heavy atom. The van der Waals surface area contributed by atoms with Gasteiger partial charge in [-0.15, -0.1) is 23.2 Å². The van der Waals surface area contributed by atoms with E-state index in [1.165, 1.54) is 31.3 Å². The Kier molecular flexibility index (Phi) is 7.34. The number of hydrogen-bond acceptors (Lipinski definition) is 7. The highest BCUT2D eigenvalue weighted by Gasteiger charge is 2.76. The van der Waals surface area contributed by atoms with E-state index in [-0.39, 0.29) is 47.4 Å². The van der Waals surface area contributed by atoms with Crippen LogP contribution in [0.5, 0.6) is 17.2 Å². The van der Waals surface area contributed by atoms with E-state index in [4.69, 9.17) is 32.7 Å². The summed E-state index contributed by atoms with van der Waals surface area (Å²) < 4.78 is 10.8. The van der Waals surface area contributed by atoms with Gasteiger partial charge in [-0.2, -0.15) is 0 Å². The van der Waals surface area contributed by atoms with Crippen molar-refractivity contribution < 1.29 is 33.8 Å². The van der Waals surface area contributed by atoms with Gasteiger partial charge in [0.2, 0.25) is 17.6 Å². The minimum absolute atomic E-state index is 0.0640. The van der Waals surface area contributed by atoms with Crippen LogP contribution in [0.15, 0.2) is 48.0 Å². The third-order valence-corrected chi connectivity index (χ3v) is 11.4. The fourth-order valence-electron chi connectivity index (χ4n) is 7.34. The second-order valence-corrected chi connectivity index (χ2v) is 13.0. The molecular weight excluding hydrogens is 663 g/mol. The smallest absolute Gasteiger partial charge is 0.254 e. The zero-order chi connectivity index (χ0) is 31.0. The molecule has 2 aliphatic carbocycles. The van der Waals surface area contributed by atoms with E-state index in [2.05, 4.69) is 15.9 Å². The van der Waals surface area contributed by atoms with E-state index >= 15 is 0 Å². The Labute approximate surface area is 266 Å². The predicted molar refractivity (Wildman–Crippen MR) is 163 cm³/mol. The van der Waals surface area contributed by atoms with Gasteiger partial charge in [0.05, 0.1) is 37.2 Å². The van der Waals surface area contributed by atoms with E-state index < -0.39 is 45.2 Å². The first-order chi connectivity index (χ1) is 20.5. The summed E-state index contributed by atoms with van der Waals surface area (Å²) in [5.41, 5.74) is 2.46. The van der Waals surface area contributed by atoms with Gasteiger partial charge in [0.15, 0.2) is 21.2 Å². The molecule has 0 radical (unpaired) electrons. The molecule has 6 rings (SSSR count). The zero-order valence-corrected chi connectivity index (χ0v) is 26.7. The Morgan fingerprint density at radius 2 is 1.60 bits per heavy atom. The van der Waals surface area contributed by atoms with Crippen molar-refractivity contribution in [3.63, 3.8) is 0 Å². The number of fused-ring (bicyclic) bond motifs is 4. The van der Waals surface area contributed by atoms with Gasteiger partial charge in [0.1, 0.15) is 0 Å². The molecule has 1 N–H and O–H groups in total. The molecule has 3 fully saturated rings. The molecule has 2 aromatic rings. The Bertz CT molecular complexity index is 1570. The van der Waals surface area contributed by atoms with Crippen molar-refractivity contribution in [2.75, 3.05) is 24.6 Å². The summed E-state index contributed by atoms with van der Waals surface area (Å²) in [4.78, 5) is 54.0. The van der Waals surface area contributed by atoms with E-state index in [1.54, 1.807) is 12.1 Å². The lowest BCUT2D eigenvalue weighted by Crippen LogP contribution is -2.60. The third-order valence-electron chi connectivity index (χ3n) is 9.45. The maximum atomic E-state index is 14.2. The molecule has 43 heavy (non-hydrogen) atoms. The van der Waals surface area contributed by atoms with Gasteiger partial charge < -0.3 is 14.6 Å². The van der Waals surface area contributed by atoms with Crippen molar-refractivity contribution in [3.05, 3.63) is 59.2 Å². The minimum Gasteiger partial charge on any atom is -0.502 e. The molecule has 6 atom stereocenters. The summed E-state index contributed by atoms with van der Waals surface area (Å²) >= 11 is 17.8. The number of carbonyl (C=O) groups is 4. The number of ether oxygens (including phenoxy) is 2. The minimum atomic E-state index is -1.98. The lowest BCUT2D eigenvalue weighted by Gasteiger charge is -2.50. The second kappa shape index (κ2) is 10.5. The summed E-state index contributed by atoms with van der Waals surface area (Å²) in [5, 5.41) is 10.6. The summed E-state index contributed by atoms with van der Waals surface area (Å²) in [5.74, 6) is -5.38.